The molecule has 7 heteroatoms. The maximum atomic E-state index is 12.5. The highest BCUT2D eigenvalue weighted by molar-refractivity contribution is 5.76. The second-order valence-corrected chi connectivity index (χ2v) is 5.97. The van der Waals surface area contributed by atoms with Gasteiger partial charge in [0.1, 0.15) is 6.33 Å². The van der Waals surface area contributed by atoms with Crippen molar-refractivity contribution in [3.8, 4) is 0 Å². The van der Waals surface area contributed by atoms with Gasteiger partial charge < -0.3 is 9.64 Å². The summed E-state index contributed by atoms with van der Waals surface area (Å²) in [5, 5.41) is 4.19. The lowest BCUT2D eigenvalue weighted by molar-refractivity contribution is -0.138. The summed E-state index contributed by atoms with van der Waals surface area (Å²) >= 11 is 0. The highest BCUT2D eigenvalue weighted by Crippen LogP contribution is 2.16. The third-order valence-electron chi connectivity index (χ3n) is 4.52. The number of morpholine rings is 1. The monoisotopic (exact) mass is 317 g/mol. The second kappa shape index (κ2) is 6.62. The minimum atomic E-state index is 0.171. The van der Waals surface area contributed by atoms with Crippen molar-refractivity contribution in [2.45, 2.75) is 46.1 Å². The van der Waals surface area contributed by atoms with E-state index >= 15 is 0 Å². The molecule has 1 fully saturated rings. The SMILES string of the molecule is CC[C@H]1CN(C(=O)CCc2c(C)nc3ncnn3c2C)CCO1. The van der Waals surface area contributed by atoms with Crippen LogP contribution in [0.25, 0.3) is 5.78 Å². The van der Waals surface area contributed by atoms with E-state index in [0.717, 1.165) is 23.4 Å². The van der Waals surface area contributed by atoms with Crippen molar-refractivity contribution in [1.82, 2.24) is 24.5 Å². The standard InChI is InChI=1S/C16H23N5O2/c1-4-13-9-20(7-8-23-13)15(22)6-5-14-11(2)19-16-17-10-18-21(16)12(14)3/h10,13H,4-9H2,1-3H3/t13-/m0/s1. The minimum Gasteiger partial charge on any atom is -0.375 e. The van der Waals surface area contributed by atoms with Crippen LogP contribution in [0.5, 0.6) is 0 Å². The Balaban J connectivity index is 1.69. The predicted octanol–water partition coefficient (Wildman–Crippen LogP) is 1.31. The first-order valence-electron chi connectivity index (χ1n) is 8.15. The van der Waals surface area contributed by atoms with Crippen LogP contribution in [0.15, 0.2) is 6.33 Å². The summed E-state index contributed by atoms with van der Waals surface area (Å²) in [5.74, 6) is 0.790. The van der Waals surface area contributed by atoms with E-state index in [1.165, 1.54) is 6.33 Å². The molecule has 3 rings (SSSR count). The van der Waals surface area contributed by atoms with Crippen molar-refractivity contribution in [2.75, 3.05) is 19.7 Å². The minimum absolute atomic E-state index is 0.171. The first-order chi connectivity index (χ1) is 11.1. The van der Waals surface area contributed by atoms with Gasteiger partial charge in [-0.1, -0.05) is 6.92 Å². The highest BCUT2D eigenvalue weighted by Gasteiger charge is 2.23. The lowest BCUT2D eigenvalue weighted by Crippen LogP contribution is -2.45. The number of nitrogens with zero attached hydrogens (tertiary/aromatic N) is 5. The van der Waals surface area contributed by atoms with Crippen LogP contribution in [0.2, 0.25) is 0 Å². The third kappa shape index (κ3) is 3.19. The fraction of sp³-hybridized carbons (Fsp3) is 0.625. The van der Waals surface area contributed by atoms with E-state index in [9.17, 15) is 4.79 Å². The van der Waals surface area contributed by atoms with Gasteiger partial charge in [-0.25, -0.2) is 9.50 Å². The van der Waals surface area contributed by atoms with Crippen LogP contribution in [0.3, 0.4) is 0 Å². The van der Waals surface area contributed by atoms with Crippen molar-refractivity contribution >= 4 is 11.7 Å². The zero-order chi connectivity index (χ0) is 16.4. The van der Waals surface area contributed by atoms with E-state index < -0.39 is 0 Å². The predicted molar refractivity (Wildman–Crippen MR) is 85.2 cm³/mol. The van der Waals surface area contributed by atoms with Crippen molar-refractivity contribution in [1.29, 1.82) is 0 Å². The number of carbonyl (C=O) groups excluding carboxylic acids is 1. The molecule has 1 aliphatic heterocycles. The van der Waals surface area contributed by atoms with Crippen LogP contribution < -0.4 is 0 Å². The van der Waals surface area contributed by atoms with Crippen LogP contribution >= 0.6 is 0 Å². The number of aromatic nitrogens is 4. The maximum Gasteiger partial charge on any atom is 0.252 e. The fourth-order valence-electron chi connectivity index (χ4n) is 3.10. The number of rotatable bonds is 4. The Hall–Kier alpha value is -2.02. The van der Waals surface area contributed by atoms with Crippen LogP contribution in [0, 0.1) is 13.8 Å². The van der Waals surface area contributed by atoms with Gasteiger partial charge in [-0.2, -0.15) is 10.1 Å². The summed E-state index contributed by atoms with van der Waals surface area (Å²) in [4.78, 5) is 23.0. The van der Waals surface area contributed by atoms with Crippen molar-refractivity contribution in [2.24, 2.45) is 0 Å². The smallest absolute Gasteiger partial charge is 0.252 e. The Morgan fingerprint density at radius 1 is 1.43 bits per heavy atom. The van der Waals surface area contributed by atoms with Crippen LogP contribution in [0.4, 0.5) is 0 Å². The summed E-state index contributed by atoms with van der Waals surface area (Å²) in [7, 11) is 0. The maximum absolute atomic E-state index is 12.5. The van der Waals surface area contributed by atoms with E-state index in [1.54, 1.807) is 4.52 Å². The Labute approximate surface area is 135 Å². The molecule has 0 aliphatic carbocycles. The largest absolute Gasteiger partial charge is 0.375 e. The van der Waals surface area contributed by atoms with Gasteiger partial charge in [-0.15, -0.1) is 0 Å². The lowest BCUT2D eigenvalue weighted by atomic mass is 10.1. The zero-order valence-corrected chi connectivity index (χ0v) is 13.9. The zero-order valence-electron chi connectivity index (χ0n) is 13.9. The quantitative estimate of drug-likeness (QED) is 0.850. The molecule has 0 radical (unpaired) electrons. The number of hydrogen-bond donors (Lipinski definition) is 0. The van der Waals surface area contributed by atoms with E-state index in [1.807, 2.05) is 18.7 Å². The fourth-order valence-corrected chi connectivity index (χ4v) is 3.10. The molecular weight excluding hydrogens is 294 g/mol. The van der Waals surface area contributed by atoms with Gasteiger partial charge >= 0.3 is 0 Å². The molecule has 1 aliphatic rings. The number of ether oxygens (including phenoxy) is 1. The molecule has 2 aromatic rings. The first-order valence-corrected chi connectivity index (χ1v) is 8.15. The molecule has 0 spiro atoms. The molecule has 1 saturated heterocycles. The molecule has 0 aromatic carbocycles. The molecular formula is C16H23N5O2. The number of hydrogen-bond acceptors (Lipinski definition) is 5. The molecule has 124 valence electrons. The normalized spacial score (nSPS) is 18.6. The summed E-state index contributed by atoms with van der Waals surface area (Å²) in [6.07, 6.45) is 3.77. The van der Waals surface area contributed by atoms with Crippen LogP contribution in [-0.2, 0) is 16.0 Å². The van der Waals surface area contributed by atoms with E-state index in [-0.39, 0.29) is 12.0 Å². The summed E-state index contributed by atoms with van der Waals surface area (Å²) < 4.78 is 7.36. The van der Waals surface area contributed by atoms with Gasteiger partial charge in [0, 0.05) is 30.9 Å². The third-order valence-corrected chi connectivity index (χ3v) is 4.52. The number of carbonyl (C=O) groups is 1. The molecule has 1 amide bonds. The molecule has 0 bridgehead atoms. The Kier molecular flexibility index (Phi) is 4.56. The van der Waals surface area contributed by atoms with Gasteiger partial charge in [-0.05, 0) is 32.3 Å². The number of fused-ring (bicyclic) bond motifs is 1. The van der Waals surface area contributed by atoms with E-state index in [0.29, 0.717) is 38.3 Å². The summed E-state index contributed by atoms with van der Waals surface area (Å²) in [5.41, 5.74) is 3.01. The van der Waals surface area contributed by atoms with Gasteiger partial charge in [0.2, 0.25) is 5.91 Å². The lowest BCUT2D eigenvalue weighted by Gasteiger charge is -2.32. The number of aryl methyl sites for hydroxylation is 2. The van der Waals surface area contributed by atoms with Gasteiger partial charge in [-0.3, -0.25) is 4.79 Å². The van der Waals surface area contributed by atoms with Gasteiger partial charge in [0.05, 0.1) is 12.7 Å². The molecule has 1 atom stereocenters. The average Bonchev–Trinajstić information content (AvgIpc) is 3.03. The molecule has 0 saturated carbocycles. The molecule has 0 N–H and O–H groups in total. The number of amides is 1. The summed E-state index contributed by atoms with van der Waals surface area (Å²) in [6.45, 7) is 8.07. The van der Waals surface area contributed by atoms with E-state index in [2.05, 4.69) is 22.0 Å². The van der Waals surface area contributed by atoms with E-state index in [4.69, 9.17) is 4.74 Å². The molecule has 7 nitrogen and oxygen atoms in total. The summed E-state index contributed by atoms with van der Waals surface area (Å²) in [6, 6.07) is 0. The van der Waals surface area contributed by atoms with Crippen molar-refractivity contribution in [3.63, 3.8) is 0 Å². The van der Waals surface area contributed by atoms with Crippen LogP contribution in [0.1, 0.15) is 36.7 Å². The Morgan fingerprint density at radius 3 is 3.04 bits per heavy atom. The highest BCUT2D eigenvalue weighted by atomic mass is 16.5. The Morgan fingerprint density at radius 2 is 2.26 bits per heavy atom. The van der Waals surface area contributed by atoms with Gasteiger partial charge in [0.25, 0.3) is 5.78 Å². The molecule has 2 aromatic heterocycles. The average molecular weight is 317 g/mol. The van der Waals surface area contributed by atoms with Gasteiger partial charge in [0.15, 0.2) is 0 Å². The molecule has 23 heavy (non-hydrogen) atoms. The first kappa shape index (κ1) is 15.9. The van der Waals surface area contributed by atoms with Crippen molar-refractivity contribution < 1.29 is 9.53 Å². The topological polar surface area (TPSA) is 72.6 Å². The van der Waals surface area contributed by atoms with Crippen molar-refractivity contribution in [3.05, 3.63) is 23.3 Å². The molecule has 0 unspecified atom stereocenters. The second-order valence-electron chi connectivity index (χ2n) is 5.97. The molecule has 3 heterocycles. The Bertz CT molecular complexity index is 712. The van der Waals surface area contributed by atoms with Crippen LogP contribution in [-0.4, -0.2) is 56.2 Å².